The van der Waals surface area contributed by atoms with E-state index in [2.05, 4.69) is 39.5 Å². The van der Waals surface area contributed by atoms with Crippen molar-refractivity contribution in [2.45, 2.75) is 70.9 Å². The molecule has 2 aromatic rings. The highest BCUT2D eigenvalue weighted by atomic mass is 32.2. The van der Waals surface area contributed by atoms with Gasteiger partial charge in [-0.05, 0) is 48.4 Å². The third kappa shape index (κ3) is 10.3. The zero-order valence-corrected chi connectivity index (χ0v) is 23.3. The zero-order valence-electron chi connectivity index (χ0n) is 22.5. The maximum Gasteiger partial charge on any atom is 0.388 e. The highest BCUT2D eigenvalue weighted by Crippen LogP contribution is 2.34. The van der Waals surface area contributed by atoms with E-state index >= 15 is 0 Å². The molecule has 1 saturated carbocycles. The minimum atomic E-state index is -3.08. The number of ether oxygens (including phenoxy) is 2. The number of carbonyl (C=O) groups excluding carboxylic acids is 2. The Bertz CT molecular complexity index is 1090. The number of hydrogen-bond donors (Lipinski definition) is 2. The van der Waals surface area contributed by atoms with Crippen LogP contribution in [-0.4, -0.2) is 42.9 Å². The number of anilines is 2. The van der Waals surface area contributed by atoms with Crippen LogP contribution in [0.1, 0.15) is 63.9 Å². The van der Waals surface area contributed by atoms with Gasteiger partial charge in [-0.15, -0.1) is 12.3 Å². The van der Waals surface area contributed by atoms with Crippen LogP contribution in [0.5, 0.6) is 11.8 Å². The average molecular weight is 563 g/mol. The minimum Gasteiger partial charge on any atom is -0.481 e. The molecule has 1 aromatic heterocycles. The number of benzene rings is 1. The van der Waals surface area contributed by atoms with Gasteiger partial charge in [-0.25, -0.2) is 4.79 Å². The lowest BCUT2D eigenvalue weighted by atomic mass is 9.92. The molecule has 2 N–H and O–H groups in total. The Kier molecular flexibility index (Phi) is 13.9. The summed E-state index contributed by atoms with van der Waals surface area (Å²) < 4.78 is 37.7. The van der Waals surface area contributed by atoms with Crippen LogP contribution in [0.3, 0.4) is 0 Å². The highest BCUT2D eigenvalue weighted by molar-refractivity contribution is 7.97. The van der Waals surface area contributed by atoms with E-state index in [1.54, 1.807) is 4.90 Å². The number of rotatable bonds is 11. The van der Waals surface area contributed by atoms with E-state index in [1.165, 1.54) is 31.2 Å². The molecule has 212 valence electrons. The molecule has 11 heteroatoms. The van der Waals surface area contributed by atoms with Crippen LogP contribution in [0.15, 0.2) is 36.4 Å². The second-order valence-corrected chi connectivity index (χ2v) is 9.86. The number of terminal acetylenes is 1. The van der Waals surface area contributed by atoms with E-state index in [0.29, 0.717) is 12.8 Å². The summed E-state index contributed by atoms with van der Waals surface area (Å²) in [6.45, 7) is 1.08. The van der Waals surface area contributed by atoms with Crippen LogP contribution in [0.25, 0.3) is 0 Å². The van der Waals surface area contributed by atoms with E-state index in [4.69, 9.17) is 11.2 Å². The maximum atomic E-state index is 13.5. The maximum absolute atomic E-state index is 13.5. The highest BCUT2D eigenvalue weighted by Gasteiger charge is 2.30. The van der Waals surface area contributed by atoms with Crippen molar-refractivity contribution < 1.29 is 27.8 Å². The summed E-state index contributed by atoms with van der Waals surface area (Å²) in [6, 6.07) is 10.4. The van der Waals surface area contributed by atoms with Crippen molar-refractivity contribution in [1.82, 2.24) is 9.71 Å². The first-order valence-corrected chi connectivity index (χ1v) is 13.7. The molecule has 39 heavy (non-hydrogen) atoms. The number of pyridine rings is 1. The molecule has 3 rings (SSSR count). The number of nitrogens with zero attached hydrogens (tertiary/aromatic N) is 2. The van der Waals surface area contributed by atoms with Crippen LogP contribution >= 0.6 is 11.9 Å². The van der Waals surface area contributed by atoms with Crippen LogP contribution in [-0.2, 0) is 4.79 Å². The number of nitrogens with one attached hydrogen (secondary N) is 2. The first-order chi connectivity index (χ1) is 18.8. The molecule has 8 nitrogen and oxygen atoms in total. The Balaban J connectivity index is 0.000000580. The number of aromatic nitrogens is 1. The van der Waals surface area contributed by atoms with Crippen molar-refractivity contribution in [3.63, 3.8) is 0 Å². The molecule has 0 unspecified atom stereocenters. The first kappa shape index (κ1) is 31.7. The lowest BCUT2D eigenvalue weighted by Gasteiger charge is -2.36. The van der Waals surface area contributed by atoms with Gasteiger partial charge < -0.3 is 19.5 Å². The summed E-state index contributed by atoms with van der Waals surface area (Å²) in [7, 11) is 1.38. The molecule has 1 heterocycles. The van der Waals surface area contributed by atoms with Crippen molar-refractivity contribution in [1.29, 1.82) is 0 Å². The van der Waals surface area contributed by atoms with Gasteiger partial charge in [-0.3, -0.25) is 9.69 Å². The molecule has 0 aliphatic heterocycles. The molecule has 1 aliphatic carbocycles. The molecule has 0 spiro atoms. The predicted octanol–water partition coefficient (Wildman–Crippen LogP) is 6.59. The quantitative estimate of drug-likeness (QED) is 0.139. The largest absolute Gasteiger partial charge is 0.481 e. The van der Waals surface area contributed by atoms with Crippen molar-refractivity contribution >= 4 is 35.8 Å². The van der Waals surface area contributed by atoms with Gasteiger partial charge in [-0.1, -0.05) is 51.3 Å². The van der Waals surface area contributed by atoms with Crippen LogP contribution < -0.4 is 24.4 Å². The summed E-state index contributed by atoms with van der Waals surface area (Å²) in [4.78, 5) is 28.8. The smallest absolute Gasteiger partial charge is 0.388 e. The summed E-state index contributed by atoms with van der Waals surface area (Å²) >= 11 is 1.32. The number of alkyl halides is 2. The second kappa shape index (κ2) is 17.1. The normalized spacial score (nSPS) is 13.1. The average Bonchev–Trinajstić information content (AvgIpc) is 2.93. The Morgan fingerprint density at radius 3 is 2.56 bits per heavy atom. The Morgan fingerprint density at radius 1 is 1.23 bits per heavy atom. The van der Waals surface area contributed by atoms with Crippen LogP contribution in [0, 0.1) is 12.3 Å². The molecular formula is C28H36F2N4O4S. The number of hydrogen-bond acceptors (Lipinski definition) is 6. The van der Waals surface area contributed by atoms with Crippen LogP contribution in [0.2, 0.25) is 0 Å². The monoisotopic (exact) mass is 562 g/mol. The fourth-order valence-corrected chi connectivity index (χ4v) is 4.60. The molecular weight excluding hydrogens is 526 g/mol. The van der Waals surface area contributed by atoms with Gasteiger partial charge in [0.25, 0.3) is 0 Å². The fourth-order valence-electron chi connectivity index (χ4n) is 4.19. The van der Waals surface area contributed by atoms with E-state index in [-0.39, 0.29) is 29.4 Å². The lowest BCUT2D eigenvalue weighted by molar-refractivity contribution is -0.107. The molecule has 0 radical (unpaired) electrons. The summed E-state index contributed by atoms with van der Waals surface area (Å²) in [5.41, 5.74) is 1.95. The summed E-state index contributed by atoms with van der Waals surface area (Å²) in [5.74, 6) is 3.18. The first-order valence-electron chi connectivity index (χ1n) is 12.8. The Labute approximate surface area is 233 Å². The molecule has 1 aliphatic rings. The summed E-state index contributed by atoms with van der Waals surface area (Å²) in [5, 5.41) is 2.74. The van der Waals surface area contributed by atoms with Crippen molar-refractivity contribution in [2.75, 3.05) is 23.1 Å². The minimum absolute atomic E-state index is 0.0272. The van der Waals surface area contributed by atoms with Gasteiger partial charge in [-0.2, -0.15) is 13.8 Å². The number of para-hydroxylation sites is 1. The fraction of sp³-hybridized carbons (Fsp3) is 0.464. The standard InChI is InChI=1S/C23H29F2N3O3.C5H7NOS/c1-15(2)17-11-7-8-12-19(17)28(16-9-5-4-6-10-16)23(29)26-18-13-14-20(30-3)27-21(18)31-22(24)25;1-2-3-4-8-6-5-7/h7-8,11-16,22H,4-6,9-10H2,1-3H3,(H,26,29);1,5H,3-4H2,(H,6,7). The van der Waals surface area contributed by atoms with Crippen molar-refractivity contribution in [2.24, 2.45) is 0 Å². The zero-order chi connectivity index (χ0) is 28.6. The van der Waals surface area contributed by atoms with Crippen LogP contribution in [0.4, 0.5) is 25.0 Å². The number of urea groups is 1. The van der Waals surface area contributed by atoms with E-state index in [1.807, 2.05) is 24.3 Å². The SMILES string of the molecule is C#CCCSNC=O.COc1ccc(NC(=O)N(c2ccccc2C(C)C)C2CCCCC2)c(OC(F)F)n1. The van der Waals surface area contributed by atoms with Gasteiger partial charge >= 0.3 is 12.6 Å². The van der Waals surface area contributed by atoms with E-state index < -0.39 is 12.6 Å². The van der Waals surface area contributed by atoms with Gasteiger partial charge in [0.15, 0.2) is 0 Å². The molecule has 1 aromatic carbocycles. The van der Waals surface area contributed by atoms with E-state index in [0.717, 1.165) is 49.1 Å². The third-order valence-corrected chi connectivity index (χ3v) is 6.61. The topological polar surface area (TPSA) is 92.8 Å². The third-order valence-electron chi connectivity index (χ3n) is 5.94. The second-order valence-electron chi connectivity index (χ2n) is 8.93. The van der Waals surface area contributed by atoms with Gasteiger partial charge in [0.1, 0.15) is 5.69 Å². The molecule has 0 saturated heterocycles. The van der Waals surface area contributed by atoms with E-state index in [9.17, 15) is 18.4 Å². The number of amides is 3. The number of halogens is 2. The molecule has 1 fully saturated rings. The predicted molar refractivity (Wildman–Crippen MR) is 151 cm³/mol. The lowest BCUT2D eigenvalue weighted by Crippen LogP contribution is -2.44. The van der Waals surface area contributed by atoms with Crippen molar-refractivity contribution in [3.8, 4) is 24.1 Å². The van der Waals surface area contributed by atoms with Crippen molar-refractivity contribution in [3.05, 3.63) is 42.0 Å². The Hall–Kier alpha value is -3.52. The van der Waals surface area contributed by atoms with Gasteiger partial charge in [0, 0.05) is 30.0 Å². The number of carbonyl (C=O) groups is 2. The number of methoxy groups -OCH3 is 1. The summed E-state index contributed by atoms with van der Waals surface area (Å²) in [6.07, 6.45) is 11.3. The van der Waals surface area contributed by atoms with Gasteiger partial charge in [0.05, 0.1) is 7.11 Å². The van der Waals surface area contributed by atoms with Gasteiger partial charge in [0.2, 0.25) is 18.2 Å². The molecule has 3 amide bonds. The molecule has 0 bridgehead atoms. The molecule has 0 atom stereocenters. The Morgan fingerprint density at radius 2 is 1.95 bits per heavy atom.